The van der Waals surface area contributed by atoms with Gasteiger partial charge in [0, 0.05) is 11.1 Å². The Balaban J connectivity index is 1.72. The SMILES string of the molecule is CCOC(=O)c1ccc(NC(=O)c2c(O)c3ccccc3n(Cc3ccccc3)c2=O)cc1. The highest BCUT2D eigenvalue weighted by molar-refractivity contribution is 6.09. The standard InChI is InChI=1S/C26H22N2O5/c1-2-33-26(32)18-12-14-19(15-13-18)27-24(30)22-23(29)20-10-6-7-11-21(20)28(25(22)31)16-17-8-4-3-5-9-17/h3-15,29H,2,16H2,1H3,(H,27,30). The van der Waals surface area contributed by atoms with Crippen molar-refractivity contribution in [3.8, 4) is 5.75 Å². The van der Waals surface area contributed by atoms with Gasteiger partial charge in [-0.1, -0.05) is 42.5 Å². The van der Waals surface area contributed by atoms with Crippen molar-refractivity contribution in [2.75, 3.05) is 11.9 Å². The van der Waals surface area contributed by atoms with Crippen molar-refractivity contribution in [1.82, 2.24) is 4.57 Å². The van der Waals surface area contributed by atoms with E-state index in [4.69, 9.17) is 4.74 Å². The minimum atomic E-state index is -0.742. The second-order valence-electron chi connectivity index (χ2n) is 7.37. The van der Waals surface area contributed by atoms with Crippen LogP contribution in [0, 0.1) is 0 Å². The number of pyridine rings is 1. The molecule has 7 heteroatoms. The molecule has 0 aliphatic carbocycles. The summed E-state index contributed by atoms with van der Waals surface area (Å²) in [6.45, 7) is 2.22. The van der Waals surface area contributed by atoms with Crippen LogP contribution >= 0.6 is 0 Å². The lowest BCUT2D eigenvalue weighted by Crippen LogP contribution is -2.30. The molecular weight excluding hydrogens is 420 g/mol. The number of nitrogens with one attached hydrogen (secondary N) is 1. The smallest absolute Gasteiger partial charge is 0.338 e. The summed E-state index contributed by atoms with van der Waals surface area (Å²) >= 11 is 0. The zero-order valence-corrected chi connectivity index (χ0v) is 17.9. The van der Waals surface area contributed by atoms with E-state index in [-0.39, 0.29) is 24.5 Å². The summed E-state index contributed by atoms with van der Waals surface area (Å²) in [5, 5.41) is 13.8. The van der Waals surface area contributed by atoms with Gasteiger partial charge in [-0.3, -0.25) is 9.59 Å². The Hall–Kier alpha value is -4.39. The molecule has 33 heavy (non-hydrogen) atoms. The van der Waals surface area contributed by atoms with Crippen molar-refractivity contribution in [3.63, 3.8) is 0 Å². The quantitative estimate of drug-likeness (QED) is 0.437. The number of amides is 1. The van der Waals surface area contributed by atoms with Gasteiger partial charge in [-0.05, 0) is 48.9 Å². The van der Waals surface area contributed by atoms with Crippen LogP contribution in [0.2, 0.25) is 0 Å². The van der Waals surface area contributed by atoms with Gasteiger partial charge in [0.05, 0.1) is 24.2 Å². The Bertz CT molecular complexity index is 1380. The van der Waals surface area contributed by atoms with E-state index in [1.807, 2.05) is 30.3 Å². The number of anilines is 1. The summed E-state index contributed by atoms with van der Waals surface area (Å²) in [4.78, 5) is 38.2. The Morgan fingerprint density at radius 1 is 0.939 bits per heavy atom. The monoisotopic (exact) mass is 442 g/mol. The van der Waals surface area contributed by atoms with Crippen LogP contribution in [0.4, 0.5) is 5.69 Å². The van der Waals surface area contributed by atoms with Crippen molar-refractivity contribution in [3.05, 3.63) is 106 Å². The van der Waals surface area contributed by atoms with Gasteiger partial charge in [0.25, 0.3) is 11.5 Å². The predicted octanol–water partition coefficient (Wildman–Crippen LogP) is 4.18. The largest absolute Gasteiger partial charge is 0.506 e. The van der Waals surface area contributed by atoms with E-state index in [1.165, 1.54) is 28.8 Å². The van der Waals surface area contributed by atoms with Gasteiger partial charge in [0.1, 0.15) is 11.3 Å². The number of aromatic nitrogens is 1. The van der Waals surface area contributed by atoms with Gasteiger partial charge in [-0.25, -0.2) is 4.79 Å². The Labute approximate surface area is 189 Å². The highest BCUT2D eigenvalue weighted by Crippen LogP contribution is 2.27. The number of esters is 1. The highest BCUT2D eigenvalue weighted by Gasteiger charge is 2.22. The number of carbonyl (C=O) groups is 2. The molecule has 2 N–H and O–H groups in total. The Morgan fingerprint density at radius 3 is 2.30 bits per heavy atom. The number of benzene rings is 3. The van der Waals surface area contributed by atoms with E-state index in [1.54, 1.807) is 31.2 Å². The number of fused-ring (bicyclic) bond motifs is 1. The molecule has 1 amide bonds. The molecule has 4 aromatic rings. The maximum absolute atomic E-state index is 13.3. The molecule has 4 rings (SSSR count). The molecule has 0 unspecified atom stereocenters. The first-order valence-corrected chi connectivity index (χ1v) is 10.5. The first kappa shape index (κ1) is 21.8. The molecule has 0 radical (unpaired) electrons. The average molecular weight is 442 g/mol. The molecule has 1 aromatic heterocycles. The van der Waals surface area contributed by atoms with Gasteiger partial charge >= 0.3 is 5.97 Å². The third-order valence-electron chi connectivity index (χ3n) is 5.21. The molecule has 7 nitrogen and oxygen atoms in total. The van der Waals surface area contributed by atoms with Crippen molar-refractivity contribution >= 4 is 28.5 Å². The van der Waals surface area contributed by atoms with Gasteiger partial charge in [0.2, 0.25) is 0 Å². The molecule has 0 bridgehead atoms. The molecule has 3 aromatic carbocycles. The van der Waals surface area contributed by atoms with Crippen molar-refractivity contribution in [2.24, 2.45) is 0 Å². The third-order valence-corrected chi connectivity index (χ3v) is 5.21. The van der Waals surface area contributed by atoms with Gasteiger partial charge in [-0.2, -0.15) is 0 Å². The third kappa shape index (κ3) is 4.48. The number of nitrogens with zero attached hydrogens (tertiary/aromatic N) is 1. The molecule has 0 spiro atoms. The predicted molar refractivity (Wildman–Crippen MR) is 126 cm³/mol. The normalized spacial score (nSPS) is 10.7. The Morgan fingerprint density at radius 2 is 1.61 bits per heavy atom. The molecule has 0 aliphatic heterocycles. The highest BCUT2D eigenvalue weighted by atomic mass is 16.5. The Kier molecular flexibility index (Phi) is 6.22. The number of ether oxygens (including phenoxy) is 1. The van der Waals surface area contributed by atoms with Crippen LogP contribution in [-0.2, 0) is 11.3 Å². The molecule has 0 atom stereocenters. The molecule has 0 fully saturated rings. The van der Waals surface area contributed by atoms with E-state index < -0.39 is 17.4 Å². The first-order valence-electron chi connectivity index (χ1n) is 10.5. The summed E-state index contributed by atoms with van der Waals surface area (Å²) in [5.74, 6) is -1.58. The molecular formula is C26H22N2O5. The molecule has 0 aliphatic rings. The maximum atomic E-state index is 13.3. The van der Waals surface area contributed by atoms with Crippen LogP contribution in [0.15, 0.2) is 83.7 Å². The van der Waals surface area contributed by atoms with Crippen molar-refractivity contribution < 1.29 is 19.4 Å². The zero-order chi connectivity index (χ0) is 23.4. The maximum Gasteiger partial charge on any atom is 0.338 e. The fourth-order valence-corrected chi connectivity index (χ4v) is 3.61. The second kappa shape index (κ2) is 9.40. The van der Waals surface area contributed by atoms with Crippen LogP contribution in [0.3, 0.4) is 0 Å². The van der Waals surface area contributed by atoms with Gasteiger partial charge in [-0.15, -0.1) is 0 Å². The summed E-state index contributed by atoms with van der Waals surface area (Å²) in [6.07, 6.45) is 0. The minimum Gasteiger partial charge on any atom is -0.506 e. The summed E-state index contributed by atoms with van der Waals surface area (Å²) < 4.78 is 6.42. The van der Waals surface area contributed by atoms with E-state index in [0.29, 0.717) is 22.2 Å². The fraction of sp³-hybridized carbons (Fsp3) is 0.115. The van der Waals surface area contributed by atoms with E-state index in [0.717, 1.165) is 5.56 Å². The van der Waals surface area contributed by atoms with Crippen LogP contribution < -0.4 is 10.9 Å². The van der Waals surface area contributed by atoms with Crippen LogP contribution in [0.5, 0.6) is 5.75 Å². The lowest BCUT2D eigenvalue weighted by molar-refractivity contribution is 0.0526. The number of carbonyl (C=O) groups excluding carboxylic acids is 2. The van der Waals surface area contributed by atoms with Crippen LogP contribution in [-0.4, -0.2) is 28.2 Å². The number of hydrogen-bond donors (Lipinski definition) is 2. The molecule has 0 saturated carbocycles. The van der Waals surface area contributed by atoms with Crippen LogP contribution in [0.1, 0.15) is 33.2 Å². The van der Waals surface area contributed by atoms with Gasteiger partial charge in [0.15, 0.2) is 0 Å². The van der Waals surface area contributed by atoms with E-state index in [2.05, 4.69) is 5.32 Å². The lowest BCUT2D eigenvalue weighted by Gasteiger charge is -2.15. The van der Waals surface area contributed by atoms with Crippen molar-refractivity contribution in [2.45, 2.75) is 13.5 Å². The van der Waals surface area contributed by atoms with Crippen LogP contribution in [0.25, 0.3) is 10.9 Å². The zero-order valence-electron chi connectivity index (χ0n) is 17.9. The number of aromatic hydroxyl groups is 1. The summed E-state index contributed by atoms with van der Waals surface area (Å²) in [6, 6.07) is 22.4. The lowest BCUT2D eigenvalue weighted by atomic mass is 10.1. The molecule has 1 heterocycles. The summed E-state index contributed by atoms with van der Waals surface area (Å²) in [5.41, 5.74) is 1.17. The fourth-order valence-electron chi connectivity index (χ4n) is 3.61. The molecule has 0 saturated heterocycles. The van der Waals surface area contributed by atoms with E-state index in [9.17, 15) is 19.5 Å². The average Bonchev–Trinajstić information content (AvgIpc) is 2.83. The number of hydrogen-bond acceptors (Lipinski definition) is 5. The topological polar surface area (TPSA) is 97.6 Å². The summed E-state index contributed by atoms with van der Waals surface area (Å²) in [7, 11) is 0. The minimum absolute atomic E-state index is 0.245. The first-order chi connectivity index (χ1) is 16.0. The number of para-hydroxylation sites is 1. The van der Waals surface area contributed by atoms with E-state index >= 15 is 0 Å². The van der Waals surface area contributed by atoms with Crippen molar-refractivity contribution in [1.29, 1.82) is 0 Å². The number of rotatable bonds is 6. The van der Waals surface area contributed by atoms with Gasteiger partial charge < -0.3 is 19.7 Å². The molecule has 166 valence electrons. The second-order valence-corrected chi connectivity index (χ2v) is 7.37.